The fourth-order valence-corrected chi connectivity index (χ4v) is 5.32. The Labute approximate surface area is 211 Å². The first kappa shape index (κ1) is 24.9. The fourth-order valence-electron chi connectivity index (χ4n) is 5.06. The Kier molecular flexibility index (Phi) is 6.40. The summed E-state index contributed by atoms with van der Waals surface area (Å²) in [7, 11) is 2.07. The fraction of sp³-hybridized carbons (Fsp3) is 0.542. The molecule has 0 atom stereocenters. The Hall–Kier alpha value is -2.79. The van der Waals surface area contributed by atoms with Crippen LogP contribution in [0.1, 0.15) is 46.6 Å². The number of hydrogen-bond donors (Lipinski definition) is 0. The standard InChI is InChI=1S/C24H27ClF3N5O3/c1-30-7-8-32(23(15-30)3-4-23)21(34)20-12-19-13-31(5-2-6-33(19)29-20)22(35)36-14-16-9-17(24(26,27)28)11-18(25)10-16/h9-12H,2-8,13-15H2,1H3. The highest BCUT2D eigenvalue weighted by atomic mass is 35.5. The van der Waals surface area contributed by atoms with Crippen LogP contribution in [0.5, 0.6) is 0 Å². The molecule has 194 valence electrons. The number of carbonyl (C=O) groups is 2. The number of alkyl halides is 3. The number of fused-ring (bicyclic) bond motifs is 1. The van der Waals surface area contributed by atoms with Crippen LogP contribution in [0.15, 0.2) is 24.3 Å². The third-order valence-corrected chi connectivity index (χ3v) is 7.27. The van der Waals surface area contributed by atoms with Gasteiger partial charge in [-0.3, -0.25) is 9.48 Å². The Bertz CT molecular complexity index is 1180. The zero-order valence-corrected chi connectivity index (χ0v) is 20.6. The van der Waals surface area contributed by atoms with Gasteiger partial charge in [-0.05, 0) is 56.1 Å². The molecule has 5 rings (SSSR count). The molecule has 3 aliphatic rings. The molecule has 12 heteroatoms. The van der Waals surface area contributed by atoms with Crippen LogP contribution in [0.2, 0.25) is 5.02 Å². The Morgan fingerprint density at radius 2 is 1.89 bits per heavy atom. The van der Waals surface area contributed by atoms with Crippen LogP contribution in [-0.2, 0) is 30.6 Å². The number of aryl methyl sites for hydroxylation is 1. The molecule has 1 spiro atoms. The second-order valence-electron chi connectivity index (χ2n) is 9.84. The molecular weight excluding hydrogens is 499 g/mol. The summed E-state index contributed by atoms with van der Waals surface area (Å²) in [6.45, 7) is 3.14. The van der Waals surface area contributed by atoms with E-state index in [-0.39, 0.29) is 35.2 Å². The van der Waals surface area contributed by atoms with E-state index < -0.39 is 17.8 Å². The van der Waals surface area contributed by atoms with Crippen LogP contribution in [0.3, 0.4) is 0 Å². The summed E-state index contributed by atoms with van der Waals surface area (Å²) in [5.41, 5.74) is 0.249. The molecular formula is C24H27ClF3N5O3. The van der Waals surface area contributed by atoms with E-state index in [1.54, 1.807) is 10.7 Å². The van der Waals surface area contributed by atoms with Gasteiger partial charge < -0.3 is 19.4 Å². The number of amides is 2. The molecule has 0 N–H and O–H groups in total. The molecule has 0 bridgehead atoms. The molecule has 1 aromatic heterocycles. The van der Waals surface area contributed by atoms with Crippen LogP contribution < -0.4 is 0 Å². The van der Waals surface area contributed by atoms with E-state index in [0.29, 0.717) is 37.4 Å². The smallest absolute Gasteiger partial charge is 0.416 e. The van der Waals surface area contributed by atoms with Crippen molar-refractivity contribution in [1.82, 2.24) is 24.5 Å². The Balaban J connectivity index is 1.25. The highest BCUT2D eigenvalue weighted by Gasteiger charge is 2.53. The number of nitrogens with zero attached hydrogens (tertiary/aromatic N) is 5. The second kappa shape index (κ2) is 9.26. The van der Waals surface area contributed by atoms with Gasteiger partial charge in [0.1, 0.15) is 6.61 Å². The molecule has 1 saturated heterocycles. The number of ether oxygens (including phenoxy) is 1. The molecule has 2 fully saturated rings. The number of aromatic nitrogens is 2. The minimum Gasteiger partial charge on any atom is -0.445 e. The Morgan fingerprint density at radius 1 is 1.11 bits per heavy atom. The van der Waals surface area contributed by atoms with Gasteiger partial charge in [0, 0.05) is 37.7 Å². The number of piperazine rings is 1. The maximum atomic E-state index is 13.3. The summed E-state index contributed by atoms with van der Waals surface area (Å²) in [4.78, 5) is 31.7. The van der Waals surface area contributed by atoms with Gasteiger partial charge in [-0.15, -0.1) is 0 Å². The van der Waals surface area contributed by atoms with Crippen LogP contribution in [0.25, 0.3) is 0 Å². The molecule has 0 radical (unpaired) electrons. The van der Waals surface area contributed by atoms with Crippen molar-refractivity contribution in [2.24, 2.45) is 0 Å². The molecule has 2 amide bonds. The van der Waals surface area contributed by atoms with E-state index in [1.165, 1.54) is 11.0 Å². The number of rotatable bonds is 3. The van der Waals surface area contributed by atoms with E-state index in [2.05, 4.69) is 17.0 Å². The van der Waals surface area contributed by atoms with Crippen molar-refractivity contribution in [3.63, 3.8) is 0 Å². The molecule has 1 aromatic carbocycles. The molecule has 2 aromatic rings. The predicted octanol–water partition coefficient (Wildman–Crippen LogP) is 4.02. The minimum absolute atomic E-state index is 0.0833. The van der Waals surface area contributed by atoms with Gasteiger partial charge in [0.25, 0.3) is 5.91 Å². The third-order valence-electron chi connectivity index (χ3n) is 7.05. The summed E-state index contributed by atoms with van der Waals surface area (Å²) in [5, 5.41) is 4.46. The zero-order chi connectivity index (χ0) is 25.7. The number of benzene rings is 1. The van der Waals surface area contributed by atoms with E-state index in [0.717, 1.165) is 38.1 Å². The monoisotopic (exact) mass is 525 g/mol. The van der Waals surface area contributed by atoms with Gasteiger partial charge in [-0.2, -0.15) is 18.3 Å². The van der Waals surface area contributed by atoms with Crippen molar-refractivity contribution < 1.29 is 27.5 Å². The SMILES string of the molecule is CN1CCN(C(=O)c2cc3n(n2)CCCN(C(=O)OCc2cc(Cl)cc(C(F)(F)F)c2)C3)C2(CC2)C1. The zero-order valence-electron chi connectivity index (χ0n) is 19.9. The van der Waals surface area contributed by atoms with Gasteiger partial charge in [0.05, 0.1) is 23.3 Å². The largest absolute Gasteiger partial charge is 0.445 e. The first-order chi connectivity index (χ1) is 17.0. The summed E-state index contributed by atoms with van der Waals surface area (Å²) in [5.74, 6) is -0.0864. The van der Waals surface area contributed by atoms with Gasteiger partial charge >= 0.3 is 12.3 Å². The lowest BCUT2D eigenvalue weighted by molar-refractivity contribution is -0.137. The minimum atomic E-state index is -4.55. The molecule has 1 aliphatic carbocycles. The lowest BCUT2D eigenvalue weighted by Gasteiger charge is -2.40. The van der Waals surface area contributed by atoms with Crippen molar-refractivity contribution in [1.29, 1.82) is 0 Å². The number of hydrogen-bond acceptors (Lipinski definition) is 5. The highest BCUT2D eigenvalue weighted by Crippen LogP contribution is 2.44. The van der Waals surface area contributed by atoms with Crippen molar-refractivity contribution in [2.45, 2.75) is 50.7 Å². The Morgan fingerprint density at radius 3 is 2.61 bits per heavy atom. The average molecular weight is 526 g/mol. The van der Waals surface area contributed by atoms with Crippen molar-refractivity contribution >= 4 is 23.6 Å². The average Bonchev–Trinajstić information content (AvgIpc) is 3.50. The van der Waals surface area contributed by atoms with Gasteiger partial charge in [-0.25, -0.2) is 4.79 Å². The summed E-state index contributed by atoms with van der Waals surface area (Å²) in [6.07, 6.45) is -2.61. The first-order valence-corrected chi connectivity index (χ1v) is 12.3. The second-order valence-corrected chi connectivity index (χ2v) is 10.3. The molecule has 8 nitrogen and oxygen atoms in total. The highest BCUT2D eigenvalue weighted by molar-refractivity contribution is 6.30. The summed E-state index contributed by atoms with van der Waals surface area (Å²) < 4.78 is 46.2. The molecule has 1 saturated carbocycles. The first-order valence-electron chi connectivity index (χ1n) is 11.9. The topological polar surface area (TPSA) is 70.9 Å². The maximum Gasteiger partial charge on any atom is 0.416 e. The maximum absolute atomic E-state index is 13.3. The lowest BCUT2D eigenvalue weighted by Crippen LogP contribution is -2.55. The quantitative estimate of drug-likeness (QED) is 0.605. The molecule has 2 aliphatic heterocycles. The lowest BCUT2D eigenvalue weighted by atomic mass is 10.1. The summed E-state index contributed by atoms with van der Waals surface area (Å²) >= 11 is 5.82. The van der Waals surface area contributed by atoms with Gasteiger partial charge in [0.15, 0.2) is 5.69 Å². The number of likely N-dealkylation sites (N-methyl/N-ethyl adjacent to an activating group) is 1. The predicted molar refractivity (Wildman–Crippen MR) is 124 cm³/mol. The van der Waals surface area contributed by atoms with Crippen LogP contribution in [0, 0.1) is 0 Å². The normalized spacial score (nSPS) is 19.7. The van der Waals surface area contributed by atoms with E-state index in [9.17, 15) is 22.8 Å². The van der Waals surface area contributed by atoms with E-state index in [1.807, 2.05) is 4.90 Å². The van der Waals surface area contributed by atoms with Crippen molar-refractivity contribution in [3.05, 3.63) is 51.8 Å². The number of halogens is 4. The van der Waals surface area contributed by atoms with E-state index in [4.69, 9.17) is 16.3 Å². The van der Waals surface area contributed by atoms with Gasteiger partial charge in [-0.1, -0.05) is 11.6 Å². The summed E-state index contributed by atoms with van der Waals surface area (Å²) in [6, 6.07) is 4.81. The van der Waals surface area contributed by atoms with Crippen molar-refractivity contribution in [2.75, 3.05) is 33.2 Å². The number of carbonyl (C=O) groups excluding carboxylic acids is 2. The van der Waals surface area contributed by atoms with E-state index >= 15 is 0 Å². The molecule has 0 unspecified atom stereocenters. The van der Waals surface area contributed by atoms with Gasteiger partial charge in [0.2, 0.25) is 0 Å². The molecule has 3 heterocycles. The van der Waals surface area contributed by atoms with Crippen molar-refractivity contribution in [3.8, 4) is 0 Å². The van der Waals surface area contributed by atoms with Crippen LogP contribution >= 0.6 is 11.6 Å². The molecule has 36 heavy (non-hydrogen) atoms. The third kappa shape index (κ3) is 5.04. The van der Waals surface area contributed by atoms with Crippen LogP contribution in [0.4, 0.5) is 18.0 Å². The van der Waals surface area contributed by atoms with Crippen LogP contribution in [-0.4, -0.2) is 75.2 Å².